The van der Waals surface area contributed by atoms with Gasteiger partial charge in [0.05, 0.1) is 5.69 Å². The molecule has 1 fully saturated rings. The van der Waals surface area contributed by atoms with Gasteiger partial charge in [0.2, 0.25) is 0 Å². The number of hydrogen-bond acceptors (Lipinski definition) is 3. The first-order valence-corrected chi connectivity index (χ1v) is 5.35. The molecule has 82 valence electrons. The molecular formula is C11H12N4O. The molecule has 0 saturated heterocycles. The molecule has 2 aromatic rings. The number of aryl methyl sites for hydroxylation is 1. The number of benzene rings is 1. The molecule has 1 aromatic heterocycles. The van der Waals surface area contributed by atoms with Crippen molar-refractivity contribution in [3.05, 3.63) is 40.3 Å². The van der Waals surface area contributed by atoms with Crippen LogP contribution in [-0.2, 0) is 7.05 Å². The van der Waals surface area contributed by atoms with Gasteiger partial charge in [-0.2, -0.15) is 9.36 Å². The molecule has 0 bridgehead atoms. The van der Waals surface area contributed by atoms with E-state index in [1.54, 1.807) is 7.05 Å². The maximum absolute atomic E-state index is 11.7. The molecule has 0 spiro atoms. The Balaban J connectivity index is 2.09. The van der Waals surface area contributed by atoms with Crippen molar-refractivity contribution in [3.8, 4) is 5.69 Å². The lowest BCUT2D eigenvalue weighted by molar-refractivity contribution is 0.693. The first-order valence-electron chi connectivity index (χ1n) is 5.35. The van der Waals surface area contributed by atoms with Crippen LogP contribution in [0.5, 0.6) is 0 Å². The Kier molecular flexibility index (Phi) is 1.92. The van der Waals surface area contributed by atoms with Gasteiger partial charge in [-0.1, -0.05) is 12.1 Å². The fraction of sp³-hybridized carbons (Fsp3) is 0.364. The van der Waals surface area contributed by atoms with Crippen molar-refractivity contribution in [2.75, 3.05) is 0 Å². The lowest BCUT2D eigenvalue weighted by Gasteiger charge is -2.01. The highest BCUT2D eigenvalue weighted by molar-refractivity contribution is 5.37. The first kappa shape index (κ1) is 9.33. The van der Waals surface area contributed by atoms with Gasteiger partial charge >= 0.3 is 5.69 Å². The second-order valence-corrected chi connectivity index (χ2v) is 4.17. The summed E-state index contributed by atoms with van der Waals surface area (Å²) in [5, 5.41) is 7.52. The van der Waals surface area contributed by atoms with E-state index in [1.165, 1.54) is 27.8 Å². The summed E-state index contributed by atoms with van der Waals surface area (Å²) in [6.07, 6.45) is 2.50. The summed E-state index contributed by atoms with van der Waals surface area (Å²) < 4.78 is 2.55. The van der Waals surface area contributed by atoms with E-state index in [0.717, 1.165) is 5.69 Å². The number of aromatic nitrogens is 4. The first-order chi connectivity index (χ1) is 7.75. The fourth-order valence-electron chi connectivity index (χ4n) is 1.80. The molecule has 0 amide bonds. The molecule has 0 unspecified atom stereocenters. The van der Waals surface area contributed by atoms with E-state index in [-0.39, 0.29) is 5.69 Å². The Hall–Kier alpha value is -1.91. The van der Waals surface area contributed by atoms with Gasteiger partial charge in [-0.3, -0.25) is 0 Å². The molecule has 1 aromatic carbocycles. The van der Waals surface area contributed by atoms with Gasteiger partial charge in [-0.25, -0.2) is 4.79 Å². The molecule has 1 heterocycles. The monoisotopic (exact) mass is 216 g/mol. The van der Waals surface area contributed by atoms with Crippen molar-refractivity contribution in [1.82, 2.24) is 19.8 Å². The zero-order chi connectivity index (χ0) is 11.1. The van der Waals surface area contributed by atoms with Gasteiger partial charge in [-0.05, 0) is 46.9 Å². The largest absolute Gasteiger partial charge is 0.368 e. The number of tetrazole rings is 1. The van der Waals surface area contributed by atoms with Gasteiger partial charge in [-0.15, -0.1) is 0 Å². The van der Waals surface area contributed by atoms with Crippen LogP contribution in [0.25, 0.3) is 5.69 Å². The lowest BCUT2D eigenvalue weighted by Crippen LogP contribution is -2.21. The lowest BCUT2D eigenvalue weighted by atomic mass is 10.1. The highest BCUT2D eigenvalue weighted by Crippen LogP contribution is 2.40. The quantitative estimate of drug-likeness (QED) is 0.747. The average Bonchev–Trinajstić information content (AvgIpc) is 3.08. The van der Waals surface area contributed by atoms with E-state index < -0.39 is 0 Å². The summed E-state index contributed by atoms with van der Waals surface area (Å²) in [7, 11) is 1.59. The SMILES string of the molecule is Cn1nnn(-c2cccc(C3CC3)c2)c1=O. The third kappa shape index (κ3) is 1.44. The van der Waals surface area contributed by atoms with Crippen LogP contribution in [0.1, 0.15) is 24.3 Å². The zero-order valence-electron chi connectivity index (χ0n) is 9.00. The Morgan fingerprint density at radius 3 is 2.75 bits per heavy atom. The average molecular weight is 216 g/mol. The molecule has 5 nitrogen and oxygen atoms in total. The normalized spacial score (nSPS) is 15.3. The summed E-state index contributed by atoms with van der Waals surface area (Å²) in [6.45, 7) is 0. The Labute approximate surface area is 92.3 Å². The van der Waals surface area contributed by atoms with Crippen molar-refractivity contribution in [1.29, 1.82) is 0 Å². The molecule has 0 atom stereocenters. The van der Waals surface area contributed by atoms with Crippen molar-refractivity contribution in [3.63, 3.8) is 0 Å². The molecule has 5 heteroatoms. The maximum atomic E-state index is 11.7. The Bertz CT molecular complexity index is 580. The van der Waals surface area contributed by atoms with Gasteiger partial charge in [0, 0.05) is 7.05 Å². The smallest absolute Gasteiger partial charge is 0.244 e. The third-order valence-electron chi connectivity index (χ3n) is 2.89. The topological polar surface area (TPSA) is 52.7 Å². The molecule has 1 saturated carbocycles. The minimum atomic E-state index is -0.215. The van der Waals surface area contributed by atoms with Crippen LogP contribution in [0.4, 0.5) is 0 Å². The van der Waals surface area contributed by atoms with E-state index in [1.807, 2.05) is 18.2 Å². The van der Waals surface area contributed by atoms with Gasteiger partial charge in [0.1, 0.15) is 0 Å². The van der Waals surface area contributed by atoms with E-state index in [9.17, 15) is 4.79 Å². The van der Waals surface area contributed by atoms with Crippen LogP contribution in [0.15, 0.2) is 29.1 Å². The summed E-state index contributed by atoms with van der Waals surface area (Å²) in [4.78, 5) is 11.7. The number of hydrogen-bond donors (Lipinski definition) is 0. The number of nitrogens with zero attached hydrogens (tertiary/aromatic N) is 4. The van der Waals surface area contributed by atoms with E-state index in [0.29, 0.717) is 5.92 Å². The molecule has 0 radical (unpaired) electrons. The van der Waals surface area contributed by atoms with Crippen molar-refractivity contribution in [2.24, 2.45) is 7.05 Å². The molecule has 3 rings (SSSR count). The van der Waals surface area contributed by atoms with Crippen LogP contribution in [0, 0.1) is 0 Å². The van der Waals surface area contributed by atoms with E-state index in [2.05, 4.69) is 16.5 Å². The minimum absolute atomic E-state index is 0.215. The van der Waals surface area contributed by atoms with Crippen molar-refractivity contribution < 1.29 is 0 Å². The summed E-state index contributed by atoms with van der Waals surface area (Å²) >= 11 is 0. The van der Waals surface area contributed by atoms with Gasteiger partial charge < -0.3 is 0 Å². The van der Waals surface area contributed by atoms with Crippen molar-refractivity contribution in [2.45, 2.75) is 18.8 Å². The van der Waals surface area contributed by atoms with E-state index >= 15 is 0 Å². The molecular weight excluding hydrogens is 204 g/mol. The maximum Gasteiger partial charge on any atom is 0.368 e. The van der Waals surface area contributed by atoms with E-state index in [4.69, 9.17) is 0 Å². The van der Waals surface area contributed by atoms with Crippen LogP contribution in [-0.4, -0.2) is 19.8 Å². The van der Waals surface area contributed by atoms with Crippen LogP contribution >= 0.6 is 0 Å². The highest BCUT2D eigenvalue weighted by atomic mass is 16.2. The summed E-state index contributed by atoms with van der Waals surface area (Å²) in [6, 6.07) is 7.96. The second-order valence-electron chi connectivity index (χ2n) is 4.17. The standard InChI is InChI=1S/C11H12N4O/c1-14-11(16)15(13-12-14)10-4-2-3-9(7-10)8-5-6-8/h2-4,7-8H,5-6H2,1H3. The summed E-state index contributed by atoms with van der Waals surface area (Å²) in [5.41, 5.74) is 1.87. The molecule has 16 heavy (non-hydrogen) atoms. The van der Waals surface area contributed by atoms with Crippen LogP contribution < -0.4 is 5.69 Å². The molecule has 0 aliphatic heterocycles. The van der Waals surface area contributed by atoms with Gasteiger partial charge in [0.25, 0.3) is 0 Å². The zero-order valence-corrected chi connectivity index (χ0v) is 9.00. The molecule has 0 N–H and O–H groups in total. The molecule has 1 aliphatic carbocycles. The second kappa shape index (κ2) is 3.30. The van der Waals surface area contributed by atoms with Crippen molar-refractivity contribution >= 4 is 0 Å². The minimum Gasteiger partial charge on any atom is -0.244 e. The van der Waals surface area contributed by atoms with Crippen LogP contribution in [0.2, 0.25) is 0 Å². The summed E-state index contributed by atoms with van der Waals surface area (Å²) in [5.74, 6) is 0.673. The predicted octanol–water partition coefficient (Wildman–Crippen LogP) is 0.843. The predicted molar refractivity (Wildman–Crippen MR) is 58.6 cm³/mol. The highest BCUT2D eigenvalue weighted by Gasteiger charge is 2.23. The third-order valence-corrected chi connectivity index (χ3v) is 2.89. The number of rotatable bonds is 2. The fourth-order valence-corrected chi connectivity index (χ4v) is 1.80. The Morgan fingerprint density at radius 1 is 1.31 bits per heavy atom. The Morgan fingerprint density at radius 2 is 2.12 bits per heavy atom. The van der Waals surface area contributed by atoms with Gasteiger partial charge in [0.15, 0.2) is 0 Å². The molecule has 1 aliphatic rings. The van der Waals surface area contributed by atoms with Crippen LogP contribution in [0.3, 0.4) is 0 Å².